The van der Waals surface area contributed by atoms with E-state index in [4.69, 9.17) is 16.3 Å². The molecule has 4 nitrogen and oxygen atoms in total. The first-order valence-electron chi connectivity index (χ1n) is 7.13. The third-order valence-corrected chi connectivity index (χ3v) is 6.31. The minimum absolute atomic E-state index is 0.223. The van der Waals surface area contributed by atoms with E-state index < -0.39 is 10.0 Å². The first-order chi connectivity index (χ1) is 9.90. The molecule has 0 aromatic heterocycles. The monoisotopic (exact) mass is 331 g/mol. The second-order valence-corrected chi connectivity index (χ2v) is 7.97. The highest BCUT2D eigenvalue weighted by Crippen LogP contribution is 2.30. The van der Waals surface area contributed by atoms with Crippen molar-refractivity contribution in [1.29, 1.82) is 0 Å². The Morgan fingerprint density at radius 3 is 2.67 bits per heavy atom. The summed E-state index contributed by atoms with van der Waals surface area (Å²) in [5.74, 6) is 1.77. The molecule has 1 aliphatic heterocycles. The van der Waals surface area contributed by atoms with Crippen LogP contribution in [0.15, 0.2) is 23.1 Å². The highest BCUT2D eigenvalue weighted by Gasteiger charge is 2.33. The first-order valence-corrected chi connectivity index (χ1v) is 9.10. The van der Waals surface area contributed by atoms with Gasteiger partial charge in [0.15, 0.2) is 0 Å². The molecule has 0 saturated carbocycles. The number of rotatable bonds is 5. The zero-order valence-electron chi connectivity index (χ0n) is 12.7. The van der Waals surface area contributed by atoms with Crippen molar-refractivity contribution in [1.82, 2.24) is 4.31 Å². The quantitative estimate of drug-likeness (QED) is 0.779. The number of methoxy groups -OCH3 is 1. The lowest BCUT2D eigenvalue weighted by Gasteiger charge is -2.19. The van der Waals surface area contributed by atoms with Gasteiger partial charge in [0.2, 0.25) is 10.0 Å². The standard InChI is InChI=1S/C15H22ClNO3S/c1-11(2)12-6-7-17(10-12)21(18,19)14-4-5-15(20-3)13(8-14)9-16/h4-5,8,11-12H,6-7,9-10H2,1-3H3. The van der Waals surface area contributed by atoms with E-state index in [-0.39, 0.29) is 5.88 Å². The number of halogens is 1. The van der Waals surface area contributed by atoms with Crippen LogP contribution in [-0.2, 0) is 15.9 Å². The highest BCUT2D eigenvalue weighted by molar-refractivity contribution is 7.89. The lowest BCUT2D eigenvalue weighted by atomic mass is 9.96. The van der Waals surface area contributed by atoms with Gasteiger partial charge in [0.05, 0.1) is 17.9 Å². The molecule has 1 aromatic carbocycles. The van der Waals surface area contributed by atoms with Crippen LogP contribution in [-0.4, -0.2) is 32.9 Å². The molecule has 118 valence electrons. The van der Waals surface area contributed by atoms with Gasteiger partial charge < -0.3 is 4.74 Å². The molecule has 1 fully saturated rings. The van der Waals surface area contributed by atoms with E-state index in [0.717, 1.165) is 6.42 Å². The molecule has 1 unspecified atom stereocenters. The van der Waals surface area contributed by atoms with E-state index in [2.05, 4.69) is 13.8 Å². The maximum atomic E-state index is 12.7. The second kappa shape index (κ2) is 6.55. The summed E-state index contributed by atoms with van der Waals surface area (Å²) in [6.07, 6.45) is 0.926. The van der Waals surface area contributed by atoms with Gasteiger partial charge in [-0.3, -0.25) is 0 Å². The molecule has 1 aromatic rings. The summed E-state index contributed by atoms with van der Waals surface area (Å²) < 4.78 is 32.2. The smallest absolute Gasteiger partial charge is 0.243 e. The van der Waals surface area contributed by atoms with Crippen molar-refractivity contribution >= 4 is 21.6 Å². The average molecular weight is 332 g/mol. The maximum absolute atomic E-state index is 12.7. The summed E-state index contributed by atoms with van der Waals surface area (Å²) in [6.45, 7) is 5.47. The molecule has 0 aliphatic carbocycles. The summed E-state index contributed by atoms with van der Waals surface area (Å²) in [7, 11) is -1.89. The number of ether oxygens (including phenoxy) is 1. The van der Waals surface area contributed by atoms with Gasteiger partial charge in [-0.2, -0.15) is 4.31 Å². The first kappa shape index (κ1) is 16.6. The molecule has 2 rings (SSSR count). The Hall–Kier alpha value is -0.780. The molecule has 0 bridgehead atoms. The van der Waals surface area contributed by atoms with Gasteiger partial charge in [-0.25, -0.2) is 8.42 Å². The molecule has 1 aliphatic rings. The number of benzene rings is 1. The SMILES string of the molecule is COc1ccc(S(=O)(=O)N2CCC(C(C)C)C2)cc1CCl. The summed E-state index contributed by atoms with van der Waals surface area (Å²) in [4.78, 5) is 0.295. The van der Waals surface area contributed by atoms with Crippen molar-refractivity contribution in [3.8, 4) is 5.75 Å². The predicted molar refractivity (Wildman–Crippen MR) is 84.3 cm³/mol. The van der Waals surface area contributed by atoms with Gasteiger partial charge in [-0.05, 0) is 36.5 Å². The molecule has 1 atom stereocenters. The summed E-state index contributed by atoms with van der Waals surface area (Å²) in [5.41, 5.74) is 0.694. The lowest BCUT2D eigenvalue weighted by Crippen LogP contribution is -2.29. The third kappa shape index (κ3) is 3.35. The van der Waals surface area contributed by atoms with Crippen LogP contribution in [0.3, 0.4) is 0 Å². The maximum Gasteiger partial charge on any atom is 0.243 e. The molecule has 0 N–H and O–H groups in total. The molecule has 21 heavy (non-hydrogen) atoms. The largest absolute Gasteiger partial charge is 0.496 e. The molecular weight excluding hydrogens is 310 g/mol. The van der Waals surface area contributed by atoms with Gasteiger partial charge in [0.1, 0.15) is 5.75 Å². The van der Waals surface area contributed by atoms with Crippen LogP contribution in [0.4, 0.5) is 0 Å². The van der Waals surface area contributed by atoms with Crippen LogP contribution >= 0.6 is 11.6 Å². The van der Waals surface area contributed by atoms with Gasteiger partial charge >= 0.3 is 0 Å². The summed E-state index contributed by atoms with van der Waals surface area (Å²) >= 11 is 5.87. The molecular formula is C15H22ClNO3S. The normalized spacial score (nSPS) is 20.1. The zero-order valence-corrected chi connectivity index (χ0v) is 14.2. The van der Waals surface area contributed by atoms with Crippen molar-refractivity contribution < 1.29 is 13.2 Å². The van der Waals surface area contributed by atoms with E-state index in [1.165, 1.54) is 0 Å². The van der Waals surface area contributed by atoms with Crippen LogP contribution in [0.25, 0.3) is 0 Å². The molecule has 0 amide bonds. The number of sulfonamides is 1. The van der Waals surface area contributed by atoms with Crippen molar-refractivity contribution in [2.75, 3.05) is 20.2 Å². The Labute approximate surface area is 132 Å². The Morgan fingerprint density at radius 2 is 2.14 bits per heavy atom. The molecule has 6 heteroatoms. The van der Waals surface area contributed by atoms with Crippen molar-refractivity contribution in [3.05, 3.63) is 23.8 Å². The van der Waals surface area contributed by atoms with Crippen molar-refractivity contribution in [3.63, 3.8) is 0 Å². The van der Waals surface area contributed by atoms with Crippen molar-refractivity contribution in [2.24, 2.45) is 11.8 Å². The Kier molecular flexibility index (Phi) is 5.17. The van der Waals surface area contributed by atoms with E-state index in [0.29, 0.717) is 41.1 Å². The summed E-state index contributed by atoms with van der Waals surface area (Å²) in [5, 5.41) is 0. The van der Waals surface area contributed by atoms with Crippen LogP contribution in [0.5, 0.6) is 5.75 Å². The second-order valence-electron chi connectivity index (χ2n) is 5.76. The molecule has 0 spiro atoms. The topological polar surface area (TPSA) is 46.6 Å². The minimum atomic E-state index is -3.44. The number of hydrogen-bond donors (Lipinski definition) is 0. The van der Waals surface area contributed by atoms with Gasteiger partial charge in [0.25, 0.3) is 0 Å². The molecule has 1 heterocycles. The van der Waals surface area contributed by atoms with Crippen LogP contribution in [0.1, 0.15) is 25.8 Å². The fraction of sp³-hybridized carbons (Fsp3) is 0.600. The van der Waals surface area contributed by atoms with Crippen LogP contribution in [0.2, 0.25) is 0 Å². The minimum Gasteiger partial charge on any atom is -0.496 e. The fourth-order valence-electron chi connectivity index (χ4n) is 2.69. The third-order valence-electron chi connectivity index (χ3n) is 4.16. The Morgan fingerprint density at radius 1 is 1.43 bits per heavy atom. The predicted octanol–water partition coefficient (Wildman–Crippen LogP) is 3.10. The molecule has 1 saturated heterocycles. The number of hydrogen-bond acceptors (Lipinski definition) is 3. The van der Waals surface area contributed by atoms with Gasteiger partial charge in [0, 0.05) is 18.7 Å². The highest BCUT2D eigenvalue weighted by atomic mass is 35.5. The van der Waals surface area contributed by atoms with Crippen LogP contribution in [0, 0.1) is 11.8 Å². The average Bonchev–Trinajstić information content (AvgIpc) is 2.97. The van der Waals surface area contributed by atoms with E-state index in [1.54, 1.807) is 29.6 Å². The van der Waals surface area contributed by atoms with Gasteiger partial charge in [-0.1, -0.05) is 13.8 Å². The van der Waals surface area contributed by atoms with E-state index in [9.17, 15) is 8.42 Å². The number of nitrogens with zero attached hydrogens (tertiary/aromatic N) is 1. The fourth-order valence-corrected chi connectivity index (χ4v) is 4.46. The summed E-state index contributed by atoms with van der Waals surface area (Å²) in [6, 6.07) is 4.87. The van der Waals surface area contributed by atoms with Crippen molar-refractivity contribution in [2.45, 2.75) is 31.0 Å². The molecule has 0 radical (unpaired) electrons. The zero-order chi connectivity index (χ0) is 15.6. The van der Waals surface area contributed by atoms with E-state index >= 15 is 0 Å². The lowest BCUT2D eigenvalue weighted by molar-refractivity contribution is 0.388. The Balaban J connectivity index is 2.28. The Bertz CT molecular complexity index is 601. The van der Waals surface area contributed by atoms with Gasteiger partial charge in [-0.15, -0.1) is 11.6 Å². The number of alkyl halides is 1. The van der Waals surface area contributed by atoms with E-state index in [1.807, 2.05) is 0 Å². The van der Waals surface area contributed by atoms with Crippen LogP contribution < -0.4 is 4.74 Å².